The minimum Gasteiger partial charge on any atom is -0.376 e. The van der Waals surface area contributed by atoms with Crippen molar-refractivity contribution in [2.24, 2.45) is 5.73 Å². The standard InChI is InChI=1S/C17H19FN2/c18-15-7-3-4-8-16(15)20-17(12-19)10-9-13-5-1-2-6-14(13)11-17/h1-8,20H,9-12,19H2. The molecule has 3 rings (SSSR count). The zero-order valence-corrected chi connectivity index (χ0v) is 11.4. The molecule has 104 valence electrons. The van der Waals surface area contributed by atoms with Crippen LogP contribution in [0.5, 0.6) is 0 Å². The Bertz CT molecular complexity index is 611. The van der Waals surface area contributed by atoms with Gasteiger partial charge < -0.3 is 11.1 Å². The number of nitrogens with one attached hydrogen (secondary N) is 1. The first-order chi connectivity index (χ1) is 9.72. The molecule has 3 N–H and O–H groups in total. The lowest BCUT2D eigenvalue weighted by atomic mass is 9.77. The first-order valence-electron chi connectivity index (χ1n) is 7.02. The molecule has 0 aromatic heterocycles. The fourth-order valence-electron chi connectivity index (χ4n) is 2.98. The van der Waals surface area contributed by atoms with Crippen LogP contribution in [-0.2, 0) is 12.8 Å². The molecular weight excluding hydrogens is 251 g/mol. The quantitative estimate of drug-likeness (QED) is 0.899. The van der Waals surface area contributed by atoms with Crippen molar-refractivity contribution in [3.8, 4) is 0 Å². The summed E-state index contributed by atoms with van der Waals surface area (Å²) in [6.45, 7) is 0.496. The molecule has 0 radical (unpaired) electrons. The topological polar surface area (TPSA) is 38.0 Å². The molecule has 0 saturated carbocycles. The lowest BCUT2D eigenvalue weighted by Crippen LogP contribution is -2.50. The second-order valence-electron chi connectivity index (χ2n) is 5.53. The molecule has 0 spiro atoms. The number of aryl methyl sites for hydroxylation is 1. The van der Waals surface area contributed by atoms with E-state index in [-0.39, 0.29) is 11.4 Å². The molecule has 1 aliphatic carbocycles. The summed E-state index contributed by atoms with van der Waals surface area (Å²) in [5.74, 6) is -0.223. The van der Waals surface area contributed by atoms with Crippen LogP contribution in [-0.4, -0.2) is 12.1 Å². The Labute approximate surface area is 118 Å². The minimum atomic E-state index is -0.253. The predicted octanol–water partition coefficient (Wildman–Crippen LogP) is 3.12. The van der Waals surface area contributed by atoms with Crippen molar-refractivity contribution in [3.63, 3.8) is 0 Å². The fourth-order valence-corrected chi connectivity index (χ4v) is 2.98. The van der Waals surface area contributed by atoms with Crippen LogP contribution in [0, 0.1) is 5.82 Å². The van der Waals surface area contributed by atoms with E-state index in [1.165, 1.54) is 17.2 Å². The summed E-state index contributed by atoms with van der Waals surface area (Å²) in [7, 11) is 0. The Morgan fingerprint density at radius 3 is 2.50 bits per heavy atom. The predicted molar refractivity (Wildman–Crippen MR) is 80.3 cm³/mol. The minimum absolute atomic E-state index is 0.223. The maximum Gasteiger partial charge on any atom is 0.146 e. The first kappa shape index (κ1) is 13.1. The number of hydrogen-bond acceptors (Lipinski definition) is 2. The smallest absolute Gasteiger partial charge is 0.146 e. The van der Waals surface area contributed by atoms with Gasteiger partial charge in [0.25, 0.3) is 0 Å². The molecule has 0 fully saturated rings. The van der Waals surface area contributed by atoms with Gasteiger partial charge in [-0.05, 0) is 42.5 Å². The highest BCUT2D eigenvalue weighted by atomic mass is 19.1. The Kier molecular flexibility index (Phi) is 3.45. The van der Waals surface area contributed by atoms with Crippen molar-refractivity contribution in [1.82, 2.24) is 0 Å². The van der Waals surface area contributed by atoms with Gasteiger partial charge in [0.15, 0.2) is 0 Å². The van der Waals surface area contributed by atoms with Crippen LogP contribution in [0.25, 0.3) is 0 Å². The van der Waals surface area contributed by atoms with Gasteiger partial charge in [-0.15, -0.1) is 0 Å². The van der Waals surface area contributed by atoms with E-state index < -0.39 is 0 Å². The number of benzene rings is 2. The van der Waals surface area contributed by atoms with E-state index in [9.17, 15) is 4.39 Å². The van der Waals surface area contributed by atoms with E-state index in [1.807, 2.05) is 6.07 Å². The van der Waals surface area contributed by atoms with Crippen LogP contribution in [0.3, 0.4) is 0 Å². The lowest BCUT2D eigenvalue weighted by Gasteiger charge is -2.39. The van der Waals surface area contributed by atoms with E-state index in [0.717, 1.165) is 19.3 Å². The van der Waals surface area contributed by atoms with Gasteiger partial charge >= 0.3 is 0 Å². The van der Waals surface area contributed by atoms with Crippen LogP contribution in [0.1, 0.15) is 17.5 Å². The molecule has 0 heterocycles. The summed E-state index contributed by atoms with van der Waals surface area (Å²) in [4.78, 5) is 0. The molecular formula is C17H19FN2. The Morgan fingerprint density at radius 1 is 1.05 bits per heavy atom. The molecule has 20 heavy (non-hydrogen) atoms. The van der Waals surface area contributed by atoms with E-state index in [4.69, 9.17) is 5.73 Å². The van der Waals surface area contributed by atoms with E-state index in [1.54, 1.807) is 12.1 Å². The van der Waals surface area contributed by atoms with Crippen LogP contribution >= 0.6 is 0 Å². The molecule has 2 aromatic carbocycles. The third-order valence-electron chi connectivity index (χ3n) is 4.18. The van der Waals surface area contributed by atoms with Gasteiger partial charge in [0.2, 0.25) is 0 Å². The summed E-state index contributed by atoms with van der Waals surface area (Å²) in [5.41, 5.74) is 8.99. The van der Waals surface area contributed by atoms with Crippen molar-refractivity contribution in [2.45, 2.75) is 24.8 Å². The van der Waals surface area contributed by atoms with Crippen molar-refractivity contribution in [1.29, 1.82) is 0 Å². The lowest BCUT2D eigenvalue weighted by molar-refractivity contribution is 0.414. The second kappa shape index (κ2) is 5.25. The van der Waals surface area contributed by atoms with Gasteiger partial charge in [-0.3, -0.25) is 0 Å². The van der Waals surface area contributed by atoms with E-state index >= 15 is 0 Å². The molecule has 0 saturated heterocycles. The highest BCUT2D eigenvalue weighted by Gasteiger charge is 2.33. The molecule has 3 heteroatoms. The maximum absolute atomic E-state index is 13.8. The first-order valence-corrected chi connectivity index (χ1v) is 7.02. The van der Waals surface area contributed by atoms with Crippen molar-refractivity contribution in [3.05, 3.63) is 65.5 Å². The molecule has 0 amide bonds. The summed E-state index contributed by atoms with van der Waals surface area (Å²) >= 11 is 0. The summed E-state index contributed by atoms with van der Waals surface area (Å²) in [6.07, 6.45) is 2.75. The van der Waals surface area contributed by atoms with Crippen molar-refractivity contribution < 1.29 is 4.39 Å². The van der Waals surface area contributed by atoms with Crippen molar-refractivity contribution >= 4 is 5.69 Å². The molecule has 0 aliphatic heterocycles. The van der Waals surface area contributed by atoms with Crippen LogP contribution < -0.4 is 11.1 Å². The summed E-state index contributed by atoms with van der Waals surface area (Å²) < 4.78 is 13.8. The number of nitrogens with two attached hydrogens (primary N) is 1. The number of fused-ring (bicyclic) bond motifs is 1. The molecule has 1 atom stereocenters. The zero-order chi connectivity index (χ0) is 14.0. The Balaban J connectivity index is 1.89. The maximum atomic E-state index is 13.8. The van der Waals surface area contributed by atoms with Gasteiger partial charge in [0, 0.05) is 6.54 Å². The average Bonchev–Trinajstić information content (AvgIpc) is 2.49. The normalized spacial score (nSPS) is 21.3. The number of halogens is 1. The monoisotopic (exact) mass is 270 g/mol. The largest absolute Gasteiger partial charge is 0.376 e. The van der Waals surface area contributed by atoms with Gasteiger partial charge in [-0.25, -0.2) is 4.39 Å². The van der Waals surface area contributed by atoms with Crippen LogP contribution in [0.4, 0.5) is 10.1 Å². The number of anilines is 1. The Hall–Kier alpha value is -1.87. The SMILES string of the molecule is NCC1(Nc2ccccc2F)CCc2ccccc2C1. The zero-order valence-electron chi connectivity index (χ0n) is 11.4. The number of rotatable bonds is 3. The fraction of sp³-hybridized carbons (Fsp3) is 0.294. The third kappa shape index (κ3) is 2.41. The second-order valence-corrected chi connectivity index (χ2v) is 5.53. The summed E-state index contributed by atoms with van der Waals surface area (Å²) in [6, 6.07) is 15.2. The molecule has 1 aliphatic rings. The highest BCUT2D eigenvalue weighted by molar-refractivity contribution is 5.49. The third-order valence-corrected chi connectivity index (χ3v) is 4.18. The molecule has 2 aromatic rings. The average molecular weight is 270 g/mol. The van der Waals surface area contributed by atoms with Gasteiger partial charge in [0.05, 0.1) is 11.2 Å². The van der Waals surface area contributed by atoms with Crippen molar-refractivity contribution in [2.75, 3.05) is 11.9 Å². The number of para-hydroxylation sites is 1. The summed E-state index contributed by atoms with van der Waals surface area (Å²) in [5, 5.41) is 3.35. The number of hydrogen-bond donors (Lipinski definition) is 2. The highest BCUT2D eigenvalue weighted by Crippen LogP contribution is 2.31. The van der Waals surface area contributed by atoms with Gasteiger partial charge in [0.1, 0.15) is 5.82 Å². The molecule has 0 bridgehead atoms. The van der Waals surface area contributed by atoms with E-state index in [0.29, 0.717) is 12.2 Å². The molecule has 1 unspecified atom stereocenters. The Morgan fingerprint density at radius 2 is 1.75 bits per heavy atom. The molecule has 2 nitrogen and oxygen atoms in total. The van der Waals surface area contributed by atoms with Gasteiger partial charge in [-0.1, -0.05) is 36.4 Å². The van der Waals surface area contributed by atoms with E-state index in [2.05, 4.69) is 29.6 Å². The van der Waals surface area contributed by atoms with Crippen LogP contribution in [0.2, 0.25) is 0 Å². The van der Waals surface area contributed by atoms with Crippen LogP contribution in [0.15, 0.2) is 48.5 Å². The van der Waals surface area contributed by atoms with Gasteiger partial charge in [-0.2, -0.15) is 0 Å².